The van der Waals surface area contributed by atoms with Gasteiger partial charge < -0.3 is 4.74 Å². The maximum absolute atomic E-state index is 9.74. The highest BCUT2D eigenvalue weighted by atomic mass is 16.6. The fraction of sp³-hybridized carbons (Fsp3) is 0.600. The minimum absolute atomic E-state index is 0.0399. The maximum atomic E-state index is 9.74. The Morgan fingerprint density at radius 3 is 2.57 bits per heavy atom. The van der Waals surface area contributed by atoms with Crippen LogP contribution < -0.4 is 0 Å². The molecule has 2 fully saturated rings. The van der Waals surface area contributed by atoms with E-state index in [2.05, 4.69) is 0 Å². The van der Waals surface area contributed by atoms with Gasteiger partial charge in [-0.25, -0.2) is 4.79 Å². The summed E-state index contributed by atoms with van der Waals surface area (Å²) in [5.74, 6) is 2.28. The van der Waals surface area contributed by atoms with Gasteiger partial charge >= 0.3 is 0 Å². The quantitative estimate of drug-likeness (QED) is 0.320. The van der Waals surface area contributed by atoms with Crippen LogP contribution in [-0.2, 0) is 9.53 Å². The van der Waals surface area contributed by atoms with Crippen LogP contribution in [0.15, 0.2) is 5.76 Å². The van der Waals surface area contributed by atoms with Gasteiger partial charge in [-0.1, -0.05) is 0 Å². The van der Waals surface area contributed by atoms with Gasteiger partial charge in [-0.3, -0.25) is 0 Å². The Balaban J connectivity index is 2.38. The lowest BCUT2D eigenvalue weighted by molar-refractivity contribution is 0.416. The van der Waals surface area contributed by atoms with Gasteiger partial charge in [0.1, 0.15) is 0 Å². The summed E-state index contributed by atoms with van der Waals surface area (Å²) in [6.07, 6.45) is 2.08. The SMILES string of the molecule is O=C=C1OC12CC2. The Morgan fingerprint density at radius 2 is 2.43 bits per heavy atom. The molecule has 2 nitrogen and oxygen atoms in total. The Kier molecular flexibility index (Phi) is 0.296. The standard InChI is InChI=1S/C5H4O2/c6-3-4-5(7-4)1-2-5/h1-2H2. The Bertz CT molecular complexity index is 161. The third-order valence-electron chi connectivity index (χ3n) is 1.47. The van der Waals surface area contributed by atoms with Crippen molar-refractivity contribution in [1.29, 1.82) is 0 Å². The van der Waals surface area contributed by atoms with E-state index in [1.54, 1.807) is 5.94 Å². The van der Waals surface area contributed by atoms with Crippen molar-refractivity contribution in [1.82, 2.24) is 0 Å². The van der Waals surface area contributed by atoms with Crippen LogP contribution in [0.4, 0.5) is 0 Å². The lowest BCUT2D eigenvalue weighted by Crippen LogP contribution is -1.71. The largest absolute Gasteiger partial charge is 0.468 e. The number of hydrogen-bond acceptors (Lipinski definition) is 2. The number of rotatable bonds is 0. The summed E-state index contributed by atoms with van der Waals surface area (Å²) in [5, 5.41) is 0. The van der Waals surface area contributed by atoms with Gasteiger partial charge in [-0.15, -0.1) is 0 Å². The molecular formula is C5H4O2. The summed E-state index contributed by atoms with van der Waals surface area (Å²) >= 11 is 0. The van der Waals surface area contributed by atoms with Crippen LogP contribution in [0.25, 0.3) is 0 Å². The van der Waals surface area contributed by atoms with E-state index in [-0.39, 0.29) is 5.60 Å². The van der Waals surface area contributed by atoms with Crippen LogP contribution in [0.3, 0.4) is 0 Å². The fourth-order valence-corrected chi connectivity index (χ4v) is 0.726. The lowest BCUT2D eigenvalue weighted by atomic mass is 10.4. The first-order valence-corrected chi connectivity index (χ1v) is 2.32. The van der Waals surface area contributed by atoms with Gasteiger partial charge in [-0.05, 0) is 12.8 Å². The molecular weight excluding hydrogens is 92.1 g/mol. The van der Waals surface area contributed by atoms with E-state index in [4.69, 9.17) is 4.74 Å². The lowest BCUT2D eigenvalue weighted by Gasteiger charge is -1.55. The molecule has 1 heterocycles. The fourth-order valence-electron chi connectivity index (χ4n) is 0.726. The van der Waals surface area contributed by atoms with Crippen molar-refractivity contribution in [3.63, 3.8) is 0 Å². The normalized spacial score (nSPS) is 28.9. The Labute approximate surface area is 40.8 Å². The molecule has 2 rings (SSSR count). The third kappa shape index (κ3) is 0.238. The van der Waals surface area contributed by atoms with Crippen LogP contribution in [0.5, 0.6) is 0 Å². The molecule has 0 radical (unpaired) electrons. The van der Waals surface area contributed by atoms with Crippen LogP contribution >= 0.6 is 0 Å². The van der Waals surface area contributed by atoms with Crippen LogP contribution in [0.1, 0.15) is 12.8 Å². The zero-order valence-electron chi connectivity index (χ0n) is 3.73. The molecule has 0 aromatic rings. The monoisotopic (exact) mass is 96.0 g/mol. The molecule has 0 aromatic carbocycles. The topological polar surface area (TPSA) is 29.6 Å². The molecule has 0 N–H and O–H groups in total. The second-order valence-corrected chi connectivity index (χ2v) is 2.03. The van der Waals surface area contributed by atoms with E-state index in [1.165, 1.54) is 0 Å². The summed E-state index contributed by atoms with van der Waals surface area (Å²) in [6.45, 7) is 0. The van der Waals surface area contributed by atoms with Gasteiger partial charge in [0, 0.05) is 0 Å². The highest BCUT2D eigenvalue weighted by Crippen LogP contribution is 2.58. The summed E-state index contributed by atoms with van der Waals surface area (Å²) in [5.41, 5.74) is -0.0399. The molecule has 2 aliphatic rings. The predicted molar refractivity (Wildman–Crippen MR) is 22.3 cm³/mol. The molecule has 1 aliphatic carbocycles. The average Bonchev–Trinajstić information content (AvgIpc) is 2.52. The number of hydrogen-bond donors (Lipinski definition) is 0. The maximum Gasteiger partial charge on any atom is 0.225 e. The van der Waals surface area contributed by atoms with Gasteiger partial charge in [-0.2, -0.15) is 0 Å². The van der Waals surface area contributed by atoms with Crippen molar-refractivity contribution in [3.8, 4) is 0 Å². The molecule has 0 aromatic heterocycles. The highest BCUT2D eigenvalue weighted by Gasteiger charge is 2.65. The second-order valence-electron chi connectivity index (χ2n) is 2.03. The molecule has 0 atom stereocenters. The molecule has 1 saturated carbocycles. The van der Waals surface area contributed by atoms with E-state index < -0.39 is 0 Å². The van der Waals surface area contributed by atoms with Crippen LogP contribution in [0.2, 0.25) is 0 Å². The molecule has 2 heteroatoms. The highest BCUT2D eigenvalue weighted by molar-refractivity contribution is 5.61. The first-order chi connectivity index (χ1) is 3.37. The zero-order valence-corrected chi connectivity index (χ0v) is 3.73. The number of ether oxygens (including phenoxy) is 1. The molecule has 1 spiro atoms. The van der Waals surface area contributed by atoms with Gasteiger partial charge in [0.05, 0.1) is 0 Å². The molecule has 0 amide bonds. The summed E-state index contributed by atoms with van der Waals surface area (Å²) in [7, 11) is 0. The minimum atomic E-state index is -0.0399. The Hall–Kier alpha value is -0.750. The van der Waals surface area contributed by atoms with E-state index in [1.807, 2.05) is 0 Å². The zero-order chi connectivity index (χ0) is 4.91. The van der Waals surface area contributed by atoms with E-state index in [0.717, 1.165) is 12.8 Å². The first-order valence-electron chi connectivity index (χ1n) is 2.32. The molecule has 36 valence electrons. The van der Waals surface area contributed by atoms with E-state index in [9.17, 15) is 4.79 Å². The van der Waals surface area contributed by atoms with Crippen molar-refractivity contribution in [3.05, 3.63) is 5.76 Å². The number of carbonyl (C=O) groups excluding carboxylic acids is 1. The van der Waals surface area contributed by atoms with Crippen molar-refractivity contribution in [2.45, 2.75) is 18.4 Å². The second kappa shape index (κ2) is 0.632. The molecule has 7 heavy (non-hydrogen) atoms. The average molecular weight is 96.1 g/mol. The number of epoxide rings is 1. The predicted octanol–water partition coefficient (Wildman–Crippen LogP) is 0.265. The van der Waals surface area contributed by atoms with Crippen LogP contribution in [0, 0.1) is 0 Å². The van der Waals surface area contributed by atoms with Crippen molar-refractivity contribution < 1.29 is 9.53 Å². The van der Waals surface area contributed by atoms with Crippen molar-refractivity contribution in [2.24, 2.45) is 0 Å². The molecule has 1 aliphatic heterocycles. The summed E-state index contributed by atoms with van der Waals surface area (Å²) in [4.78, 5) is 9.74. The summed E-state index contributed by atoms with van der Waals surface area (Å²) < 4.78 is 4.86. The van der Waals surface area contributed by atoms with Gasteiger partial charge in [0.15, 0.2) is 11.5 Å². The summed E-state index contributed by atoms with van der Waals surface area (Å²) in [6, 6.07) is 0. The smallest absolute Gasteiger partial charge is 0.225 e. The minimum Gasteiger partial charge on any atom is -0.468 e. The molecule has 1 saturated heterocycles. The van der Waals surface area contributed by atoms with Crippen molar-refractivity contribution >= 4 is 5.94 Å². The Morgan fingerprint density at radius 1 is 1.71 bits per heavy atom. The van der Waals surface area contributed by atoms with Crippen LogP contribution in [-0.4, -0.2) is 11.5 Å². The van der Waals surface area contributed by atoms with Gasteiger partial charge in [0.25, 0.3) is 0 Å². The van der Waals surface area contributed by atoms with Crippen molar-refractivity contribution in [2.75, 3.05) is 0 Å². The van der Waals surface area contributed by atoms with E-state index >= 15 is 0 Å². The first kappa shape index (κ1) is 3.28. The van der Waals surface area contributed by atoms with Gasteiger partial charge in [0.2, 0.25) is 5.76 Å². The third-order valence-corrected chi connectivity index (χ3v) is 1.47. The molecule has 0 unspecified atom stereocenters. The molecule has 0 bridgehead atoms. The van der Waals surface area contributed by atoms with E-state index in [0.29, 0.717) is 5.76 Å².